The highest BCUT2D eigenvalue weighted by Crippen LogP contribution is 2.21. The summed E-state index contributed by atoms with van der Waals surface area (Å²) in [5.41, 5.74) is -0.874. The maximum absolute atomic E-state index is 12.5. The van der Waals surface area contributed by atoms with Gasteiger partial charge in [0.25, 0.3) is 5.91 Å². The minimum absolute atomic E-state index is 0.275. The summed E-state index contributed by atoms with van der Waals surface area (Å²) in [6.45, 7) is -1.50. The SMILES string of the molecule is O=C(NCC(F)(F)C(F)F)c1cccc(=O)[nH]1. The number of H-pyrrole nitrogens is 1. The predicted octanol–water partition coefficient (Wildman–Crippen LogP) is 1.01. The Balaban J connectivity index is 2.65. The molecule has 0 radical (unpaired) electrons. The Labute approximate surface area is 92.6 Å². The summed E-state index contributed by atoms with van der Waals surface area (Å²) in [5.74, 6) is -5.35. The molecule has 4 nitrogen and oxygen atoms in total. The van der Waals surface area contributed by atoms with E-state index in [1.54, 1.807) is 5.32 Å². The van der Waals surface area contributed by atoms with Crippen LogP contribution in [0.25, 0.3) is 0 Å². The number of aromatic nitrogens is 1. The smallest absolute Gasteiger partial charge is 0.324 e. The summed E-state index contributed by atoms with van der Waals surface area (Å²) in [6.07, 6.45) is -3.86. The van der Waals surface area contributed by atoms with Gasteiger partial charge in [0.15, 0.2) is 0 Å². The lowest BCUT2D eigenvalue weighted by Gasteiger charge is -2.15. The van der Waals surface area contributed by atoms with Crippen molar-refractivity contribution in [2.75, 3.05) is 6.54 Å². The minimum Gasteiger partial charge on any atom is -0.344 e. The van der Waals surface area contributed by atoms with Gasteiger partial charge in [0.1, 0.15) is 5.69 Å². The van der Waals surface area contributed by atoms with Gasteiger partial charge >= 0.3 is 12.3 Å². The Morgan fingerprint density at radius 2 is 2.06 bits per heavy atom. The second-order valence-corrected chi connectivity index (χ2v) is 3.17. The van der Waals surface area contributed by atoms with Gasteiger partial charge in [0.05, 0.1) is 6.54 Å². The van der Waals surface area contributed by atoms with E-state index in [1.807, 2.05) is 0 Å². The van der Waals surface area contributed by atoms with E-state index in [9.17, 15) is 27.2 Å². The minimum atomic E-state index is -4.30. The molecule has 0 aromatic carbocycles. The van der Waals surface area contributed by atoms with E-state index < -0.39 is 30.4 Å². The summed E-state index contributed by atoms with van der Waals surface area (Å²) in [4.78, 5) is 24.1. The van der Waals surface area contributed by atoms with Crippen molar-refractivity contribution in [2.24, 2.45) is 0 Å². The molecule has 0 aliphatic carbocycles. The summed E-state index contributed by atoms with van der Waals surface area (Å²) in [7, 11) is 0. The first kappa shape index (κ1) is 13.2. The quantitative estimate of drug-likeness (QED) is 0.785. The Morgan fingerprint density at radius 1 is 1.41 bits per heavy atom. The lowest BCUT2D eigenvalue weighted by molar-refractivity contribution is -0.123. The van der Waals surface area contributed by atoms with E-state index in [1.165, 1.54) is 6.07 Å². The molecule has 1 heterocycles. The summed E-state index contributed by atoms with van der Waals surface area (Å²) >= 11 is 0. The molecular weight excluding hydrogens is 244 g/mol. The molecule has 0 unspecified atom stereocenters. The van der Waals surface area contributed by atoms with E-state index in [0.29, 0.717) is 0 Å². The van der Waals surface area contributed by atoms with Crippen molar-refractivity contribution in [2.45, 2.75) is 12.3 Å². The van der Waals surface area contributed by atoms with Crippen LogP contribution in [0.3, 0.4) is 0 Å². The van der Waals surface area contributed by atoms with E-state index in [4.69, 9.17) is 0 Å². The number of rotatable bonds is 4. The van der Waals surface area contributed by atoms with Gasteiger partial charge in [-0.25, -0.2) is 8.78 Å². The van der Waals surface area contributed by atoms with Gasteiger partial charge in [-0.3, -0.25) is 9.59 Å². The van der Waals surface area contributed by atoms with E-state index in [0.717, 1.165) is 12.1 Å². The predicted molar refractivity (Wildman–Crippen MR) is 50.3 cm³/mol. The highest BCUT2D eigenvalue weighted by Gasteiger charge is 2.40. The maximum atomic E-state index is 12.5. The first-order valence-corrected chi connectivity index (χ1v) is 4.46. The average Bonchev–Trinajstić information content (AvgIpc) is 2.25. The van der Waals surface area contributed by atoms with Crippen LogP contribution in [-0.2, 0) is 0 Å². The lowest BCUT2D eigenvalue weighted by Crippen LogP contribution is -2.41. The van der Waals surface area contributed by atoms with Crippen molar-refractivity contribution in [3.8, 4) is 0 Å². The molecule has 8 heteroatoms. The zero-order valence-corrected chi connectivity index (χ0v) is 8.34. The second-order valence-electron chi connectivity index (χ2n) is 3.17. The molecule has 94 valence electrons. The monoisotopic (exact) mass is 252 g/mol. The van der Waals surface area contributed by atoms with Crippen LogP contribution in [0.5, 0.6) is 0 Å². The second kappa shape index (κ2) is 4.98. The van der Waals surface area contributed by atoms with Crippen molar-refractivity contribution in [3.05, 3.63) is 34.2 Å². The first-order chi connectivity index (χ1) is 7.83. The van der Waals surface area contributed by atoms with Crippen LogP contribution in [0.1, 0.15) is 10.5 Å². The molecule has 2 N–H and O–H groups in total. The number of carbonyl (C=O) groups excluding carboxylic acids is 1. The topological polar surface area (TPSA) is 62.0 Å². The normalized spacial score (nSPS) is 11.6. The van der Waals surface area contributed by atoms with Crippen LogP contribution >= 0.6 is 0 Å². The van der Waals surface area contributed by atoms with Crippen LogP contribution in [-0.4, -0.2) is 29.8 Å². The Morgan fingerprint density at radius 3 is 2.59 bits per heavy atom. The fourth-order valence-corrected chi connectivity index (χ4v) is 0.951. The molecule has 0 atom stereocenters. The van der Waals surface area contributed by atoms with Crippen LogP contribution in [0, 0.1) is 0 Å². The molecule has 0 spiro atoms. The number of carbonyl (C=O) groups is 1. The molecule has 1 amide bonds. The molecule has 0 saturated carbocycles. The van der Waals surface area contributed by atoms with Crippen LogP contribution < -0.4 is 10.9 Å². The van der Waals surface area contributed by atoms with Crippen molar-refractivity contribution in [1.82, 2.24) is 10.3 Å². The molecule has 1 rings (SSSR count). The molecular formula is C9H8F4N2O2. The summed E-state index contributed by atoms with van der Waals surface area (Å²) in [5, 5.41) is 1.61. The van der Waals surface area contributed by atoms with Crippen LogP contribution in [0.4, 0.5) is 17.6 Å². The molecule has 0 bridgehead atoms. The largest absolute Gasteiger partial charge is 0.344 e. The maximum Gasteiger partial charge on any atom is 0.324 e. The number of aromatic amines is 1. The number of amides is 1. The van der Waals surface area contributed by atoms with Gasteiger partial charge in [-0.05, 0) is 6.07 Å². The molecule has 1 aromatic heterocycles. The van der Waals surface area contributed by atoms with Gasteiger partial charge in [-0.1, -0.05) is 6.07 Å². The third-order valence-electron chi connectivity index (χ3n) is 1.82. The van der Waals surface area contributed by atoms with Gasteiger partial charge in [-0.2, -0.15) is 8.78 Å². The van der Waals surface area contributed by atoms with E-state index >= 15 is 0 Å². The lowest BCUT2D eigenvalue weighted by atomic mass is 10.3. The average molecular weight is 252 g/mol. The fraction of sp³-hybridized carbons (Fsp3) is 0.333. The van der Waals surface area contributed by atoms with Crippen molar-refractivity contribution in [3.63, 3.8) is 0 Å². The zero-order chi connectivity index (χ0) is 13.1. The first-order valence-electron chi connectivity index (χ1n) is 4.46. The highest BCUT2D eigenvalue weighted by atomic mass is 19.3. The van der Waals surface area contributed by atoms with Gasteiger partial charge in [0, 0.05) is 6.07 Å². The highest BCUT2D eigenvalue weighted by molar-refractivity contribution is 5.92. The molecule has 17 heavy (non-hydrogen) atoms. The standard InChI is InChI=1S/C9H8F4N2O2/c10-8(11)9(12,13)4-14-7(17)5-2-1-3-6(16)15-5/h1-3,8H,4H2,(H,14,17)(H,15,16). The number of alkyl halides is 4. The van der Waals surface area contributed by atoms with Gasteiger partial charge < -0.3 is 10.3 Å². The molecule has 0 aliphatic rings. The zero-order valence-electron chi connectivity index (χ0n) is 8.34. The molecule has 1 aromatic rings. The molecule has 0 saturated heterocycles. The summed E-state index contributed by atoms with van der Waals surface area (Å²) in [6, 6.07) is 3.51. The Bertz CT molecular complexity index is 458. The molecule has 0 fully saturated rings. The van der Waals surface area contributed by atoms with Crippen LogP contribution in [0.15, 0.2) is 23.0 Å². The van der Waals surface area contributed by atoms with Crippen molar-refractivity contribution in [1.29, 1.82) is 0 Å². The molecule has 0 aliphatic heterocycles. The number of hydrogen-bond acceptors (Lipinski definition) is 2. The van der Waals surface area contributed by atoms with Gasteiger partial charge in [-0.15, -0.1) is 0 Å². The van der Waals surface area contributed by atoms with Gasteiger partial charge in [0.2, 0.25) is 5.56 Å². The Hall–Kier alpha value is -1.86. The summed E-state index contributed by atoms with van der Waals surface area (Å²) < 4.78 is 48.5. The van der Waals surface area contributed by atoms with Crippen LogP contribution in [0.2, 0.25) is 0 Å². The number of halogens is 4. The number of nitrogens with one attached hydrogen (secondary N) is 2. The Kier molecular flexibility index (Phi) is 3.87. The number of pyridine rings is 1. The number of hydrogen-bond donors (Lipinski definition) is 2. The fourth-order valence-electron chi connectivity index (χ4n) is 0.951. The van der Waals surface area contributed by atoms with Crippen molar-refractivity contribution >= 4 is 5.91 Å². The van der Waals surface area contributed by atoms with Crippen molar-refractivity contribution < 1.29 is 22.4 Å². The van der Waals surface area contributed by atoms with E-state index in [-0.39, 0.29) is 5.69 Å². The third-order valence-corrected chi connectivity index (χ3v) is 1.82. The van der Waals surface area contributed by atoms with E-state index in [2.05, 4.69) is 4.98 Å². The third kappa shape index (κ3) is 3.58.